The lowest BCUT2D eigenvalue weighted by Crippen LogP contribution is -2.38. The molecular weight excluding hydrogens is 396 g/mol. The molecule has 0 saturated heterocycles. The normalized spacial score (nSPS) is 12.8. The highest BCUT2D eigenvalue weighted by atomic mass is 35.5. The average molecular weight is 423 g/mol. The lowest BCUT2D eigenvalue weighted by molar-refractivity contribution is 0.0935. The van der Waals surface area contributed by atoms with Gasteiger partial charge in [0.15, 0.2) is 9.84 Å². The first-order valence-corrected chi connectivity index (χ1v) is 11.5. The van der Waals surface area contributed by atoms with Gasteiger partial charge in [0, 0.05) is 17.1 Å². The first-order chi connectivity index (χ1) is 13.3. The highest BCUT2D eigenvalue weighted by Gasteiger charge is 2.21. The number of hydrogen-bond acceptors (Lipinski definition) is 4. The highest BCUT2D eigenvalue weighted by Crippen LogP contribution is 2.27. The van der Waals surface area contributed by atoms with E-state index in [2.05, 4.69) is 24.1 Å². The summed E-state index contributed by atoms with van der Waals surface area (Å²) in [6.07, 6.45) is 0. The fraction of sp³-hybridized carbons (Fsp3) is 0.381. The van der Waals surface area contributed by atoms with Crippen LogP contribution in [-0.4, -0.2) is 44.6 Å². The van der Waals surface area contributed by atoms with E-state index in [-0.39, 0.29) is 22.6 Å². The van der Waals surface area contributed by atoms with E-state index in [0.29, 0.717) is 17.1 Å². The van der Waals surface area contributed by atoms with Crippen LogP contribution in [0.3, 0.4) is 0 Å². The molecule has 0 saturated carbocycles. The number of likely N-dealkylation sites (N-methyl/N-ethyl adjacent to an activating group) is 1. The quantitative estimate of drug-likeness (QED) is 0.664. The Kier molecular flexibility index (Phi) is 8.04. The zero-order valence-electron chi connectivity index (χ0n) is 16.5. The van der Waals surface area contributed by atoms with E-state index < -0.39 is 9.84 Å². The number of carbonyl (C=O) groups excluding carboxylic acids is 1. The van der Waals surface area contributed by atoms with E-state index >= 15 is 0 Å². The summed E-state index contributed by atoms with van der Waals surface area (Å²) < 4.78 is 23.8. The third kappa shape index (κ3) is 5.34. The van der Waals surface area contributed by atoms with Crippen molar-refractivity contribution < 1.29 is 13.2 Å². The van der Waals surface area contributed by atoms with Gasteiger partial charge in [0.1, 0.15) is 0 Å². The Labute approximate surface area is 172 Å². The average Bonchev–Trinajstić information content (AvgIpc) is 2.71. The molecule has 1 N–H and O–H groups in total. The molecule has 0 aromatic heterocycles. The van der Waals surface area contributed by atoms with Crippen molar-refractivity contribution in [2.45, 2.75) is 31.7 Å². The molecule has 2 rings (SSSR count). The van der Waals surface area contributed by atoms with Crippen LogP contribution >= 0.6 is 11.6 Å². The number of benzene rings is 2. The van der Waals surface area contributed by atoms with Gasteiger partial charge in [-0.1, -0.05) is 50.6 Å². The van der Waals surface area contributed by atoms with Crippen molar-refractivity contribution in [1.29, 1.82) is 0 Å². The number of carbonyl (C=O) groups is 1. The fourth-order valence-electron chi connectivity index (χ4n) is 3.12. The molecular formula is C21H27ClN2O3S. The van der Waals surface area contributed by atoms with E-state index in [0.717, 1.165) is 18.7 Å². The number of rotatable bonds is 9. The SMILES string of the molecule is CCN(CC)C(CNC(=O)c1ccc(S(=O)(=O)CC)cc1)c1ccccc1Cl. The number of sulfone groups is 1. The molecule has 0 spiro atoms. The van der Waals surface area contributed by atoms with Crippen molar-refractivity contribution in [3.05, 3.63) is 64.7 Å². The Bertz CT molecular complexity index is 894. The third-order valence-corrected chi connectivity index (χ3v) is 6.92. The van der Waals surface area contributed by atoms with Crippen molar-refractivity contribution in [3.8, 4) is 0 Å². The van der Waals surface area contributed by atoms with Gasteiger partial charge in [-0.2, -0.15) is 0 Å². The van der Waals surface area contributed by atoms with E-state index in [4.69, 9.17) is 11.6 Å². The van der Waals surface area contributed by atoms with Gasteiger partial charge < -0.3 is 5.32 Å². The Morgan fingerprint density at radius 3 is 2.18 bits per heavy atom. The Morgan fingerprint density at radius 2 is 1.64 bits per heavy atom. The molecule has 0 heterocycles. The van der Waals surface area contributed by atoms with Crippen LogP contribution in [0.25, 0.3) is 0 Å². The van der Waals surface area contributed by atoms with Gasteiger partial charge in [0.05, 0.1) is 16.7 Å². The summed E-state index contributed by atoms with van der Waals surface area (Å²) in [6, 6.07) is 13.6. The van der Waals surface area contributed by atoms with Gasteiger partial charge in [-0.05, 0) is 49.0 Å². The predicted octanol–water partition coefficient (Wildman–Crippen LogP) is 3.95. The molecule has 2 aromatic rings. The highest BCUT2D eigenvalue weighted by molar-refractivity contribution is 7.91. The zero-order valence-corrected chi connectivity index (χ0v) is 18.1. The van der Waals surface area contributed by atoms with E-state index in [1.54, 1.807) is 19.1 Å². The number of amides is 1. The standard InChI is InChI=1S/C21H27ClN2O3S/c1-4-24(5-2)20(18-9-7-8-10-19(18)22)15-23-21(25)16-11-13-17(14-12-16)28(26,27)6-3/h7-14,20H,4-6,15H2,1-3H3,(H,23,25). The topological polar surface area (TPSA) is 66.5 Å². The summed E-state index contributed by atoms with van der Waals surface area (Å²) in [4.78, 5) is 15.0. The molecule has 0 aliphatic carbocycles. The van der Waals surface area contributed by atoms with Gasteiger partial charge in [0.2, 0.25) is 0 Å². The van der Waals surface area contributed by atoms with E-state index in [1.807, 2.05) is 24.3 Å². The minimum Gasteiger partial charge on any atom is -0.350 e. The van der Waals surface area contributed by atoms with Crippen LogP contribution in [0.1, 0.15) is 42.7 Å². The number of halogens is 1. The molecule has 2 aromatic carbocycles. The molecule has 0 bridgehead atoms. The second kappa shape index (κ2) is 10.0. The summed E-state index contributed by atoms with van der Waals surface area (Å²) in [7, 11) is -3.28. The molecule has 0 aliphatic heterocycles. The number of nitrogens with zero attached hydrogens (tertiary/aromatic N) is 1. The van der Waals surface area contributed by atoms with Crippen LogP contribution in [0.15, 0.2) is 53.4 Å². The molecule has 152 valence electrons. The summed E-state index contributed by atoms with van der Waals surface area (Å²) in [6.45, 7) is 7.79. The predicted molar refractivity (Wildman–Crippen MR) is 114 cm³/mol. The van der Waals surface area contributed by atoms with Crippen molar-refractivity contribution >= 4 is 27.3 Å². The minimum absolute atomic E-state index is 0.0297. The summed E-state index contributed by atoms with van der Waals surface area (Å²) in [5.41, 5.74) is 1.39. The van der Waals surface area contributed by atoms with Gasteiger partial charge in [0.25, 0.3) is 5.91 Å². The molecule has 0 radical (unpaired) electrons. The smallest absolute Gasteiger partial charge is 0.251 e. The zero-order chi connectivity index (χ0) is 20.7. The number of nitrogens with one attached hydrogen (secondary N) is 1. The van der Waals surface area contributed by atoms with E-state index in [1.165, 1.54) is 12.1 Å². The second-order valence-electron chi connectivity index (χ2n) is 6.40. The van der Waals surface area contributed by atoms with Crippen LogP contribution in [0.2, 0.25) is 5.02 Å². The molecule has 0 fully saturated rings. The van der Waals surface area contributed by atoms with Gasteiger partial charge in [-0.3, -0.25) is 9.69 Å². The Morgan fingerprint density at radius 1 is 1.04 bits per heavy atom. The first kappa shape index (κ1) is 22.4. The van der Waals surface area contributed by atoms with Crippen molar-refractivity contribution in [2.24, 2.45) is 0 Å². The van der Waals surface area contributed by atoms with Crippen LogP contribution in [0.5, 0.6) is 0 Å². The molecule has 28 heavy (non-hydrogen) atoms. The maximum absolute atomic E-state index is 12.6. The molecule has 5 nitrogen and oxygen atoms in total. The molecule has 1 unspecified atom stereocenters. The van der Waals surface area contributed by atoms with Crippen molar-refractivity contribution in [1.82, 2.24) is 10.2 Å². The van der Waals surface area contributed by atoms with Crippen LogP contribution < -0.4 is 5.32 Å². The maximum Gasteiger partial charge on any atom is 0.251 e. The van der Waals surface area contributed by atoms with Crippen LogP contribution in [0, 0.1) is 0 Å². The Balaban J connectivity index is 2.16. The molecule has 0 aliphatic rings. The second-order valence-corrected chi connectivity index (χ2v) is 9.08. The monoisotopic (exact) mass is 422 g/mol. The van der Waals surface area contributed by atoms with Crippen LogP contribution in [0.4, 0.5) is 0 Å². The summed E-state index contributed by atoms with van der Waals surface area (Å²) in [5, 5.41) is 3.63. The maximum atomic E-state index is 12.6. The van der Waals surface area contributed by atoms with E-state index in [9.17, 15) is 13.2 Å². The van der Waals surface area contributed by atoms with Crippen molar-refractivity contribution in [3.63, 3.8) is 0 Å². The molecule has 1 atom stereocenters. The minimum atomic E-state index is -3.28. The summed E-state index contributed by atoms with van der Waals surface area (Å²) >= 11 is 6.39. The lowest BCUT2D eigenvalue weighted by Gasteiger charge is -2.31. The van der Waals surface area contributed by atoms with Gasteiger partial charge >= 0.3 is 0 Å². The Hall–Kier alpha value is -1.89. The largest absolute Gasteiger partial charge is 0.350 e. The third-order valence-electron chi connectivity index (χ3n) is 4.83. The molecule has 7 heteroatoms. The van der Waals surface area contributed by atoms with Crippen LogP contribution in [-0.2, 0) is 9.84 Å². The van der Waals surface area contributed by atoms with Gasteiger partial charge in [-0.15, -0.1) is 0 Å². The van der Waals surface area contributed by atoms with Crippen molar-refractivity contribution in [2.75, 3.05) is 25.4 Å². The van der Waals surface area contributed by atoms with Gasteiger partial charge in [-0.25, -0.2) is 8.42 Å². The molecule has 1 amide bonds. The number of hydrogen-bond donors (Lipinski definition) is 1. The summed E-state index contributed by atoms with van der Waals surface area (Å²) in [5.74, 6) is -0.216. The first-order valence-electron chi connectivity index (χ1n) is 9.43. The fourth-order valence-corrected chi connectivity index (χ4v) is 4.26. The lowest BCUT2D eigenvalue weighted by atomic mass is 10.0.